The summed E-state index contributed by atoms with van der Waals surface area (Å²) in [5.41, 5.74) is 0.445. The quantitative estimate of drug-likeness (QED) is 0.607. The fourth-order valence-electron chi connectivity index (χ4n) is 1.69. The first-order chi connectivity index (χ1) is 8.15. The summed E-state index contributed by atoms with van der Waals surface area (Å²) in [7, 11) is 0. The van der Waals surface area contributed by atoms with Gasteiger partial charge in [0, 0.05) is 6.42 Å². The largest absolute Gasteiger partial charge is 0.481 e. The maximum Gasteiger partial charge on any atom is 0.306 e. The number of hydrogen-bond acceptors (Lipinski definition) is 1. The zero-order valence-electron chi connectivity index (χ0n) is 9.53. The van der Waals surface area contributed by atoms with Crippen molar-refractivity contribution in [3.63, 3.8) is 0 Å². The number of carboxylic acids is 1. The van der Waals surface area contributed by atoms with Crippen LogP contribution in [-0.2, 0) is 11.2 Å². The average Bonchev–Trinajstić information content (AvgIpc) is 2.30. The fraction of sp³-hybridized carbons (Fsp3) is 0.357. The van der Waals surface area contributed by atoms with E-state index in [0.29, 0.717) is 24.8 Å². The van der Waals surface area contributed by atoms with E-state index in [1.165, 1.54) is 6.07 Å². The van der Waals surface area contributed by atoms with Crippen molar-refractivity contribution in [2.24, 2.45) is 5.92 Å². The molecule has 0 aliphatic rings. The topological polar surface area (TPSA) is 37.3 Å². The zero-order valence-corrected chi connectivity index (χ0v) is 9.53. The van der Waals surface area contributed by atoms with E-state index in [1.54, 1.807) is 18.2 Å². The van der Waals surface area contributed by atoms with Crippen LogP contribution in [0.5, 0.6) is 0 Å². The highest BCUT2D eigenvalue weighted by molar-refractivity contribution is 5.70. The third-order valence-electron chi connectivity index (χ3n) is 2.65. The summed E-state index contributed by atoms with van der Waals surface area (Å²) in [4.78, 5) is 11.0. The highest BCUT2D eigenvalue weighted by atomic mass is 19.1. The summed E-state index contributed by atoms with van der Waals surface area (Å²) in [6.45, 7) is 0. The number of halogens is 1. The van der Waals surface area contributed by atoms with E-state index in [0.717, 1.165) is 0 Å². The van der Waals surface area contributed by atoms with E-state index in [2.05, 4.69) is 5.92 Å². The van der Waals surface area contributed by atoms with Gasteiger partial charge < -0.3 is 5.11 Å². The van der Waals surface area contributed by atoms with Crippen LogP contribution in [0.1, 0.15) is 24.8 Å². The number of benzene rings is 1. The Kier molecular flexibility index (Phi) is 5.22. The molecule has 2 nitrogen and oxygen atoms in total. The van der Waals surface area contributed by atoms with Gasteiger partial charge in [-0.2, -0.15) is 0 Å². The Hall–Kier alpha value is -1.82. The first-order valence-corrected chi connectivity index (χ1v) is 5.55. The lowest BCUT2D eigenvalue weighted by Crippen LogP contribution is -2.17. The third kappa shape index (κ3) is 4.28. The standard InChI is InChI=1S/C14H15FO2/c1-2-3-4-8-12(14(16)17)10-11-7-5-6-9-13(11)15/h1,5-7,9,12H,3-4,8,10H2,(H,16,17). The van der Waals surface area contributed by atoms with Crippen LogP contribution in [0.2, 0.25) is 0 Å². The Labute approximate surface area is 100 Å². The van der Waals surface area contributed by atoms with Crippen molar-refractivity contribution >= 4 is 5.97 Å². The van der Waals surface area contributed by atoms with Crippen LogP contribution in [0.25, 0.3) is 0 Å². The van der Waals surface area contributed by atoms with E-state index < -0.39 is 11.9 Å². The molecule has 0 radical (unpaired) electrons. The van der Waals surface area contributed by atoms with Gasteiger partial charge in [-0.1, -0.05) is 18.2 Å². The molecule has 1 rings (SSSR count). The van der Waals surface area contributed by atoms with Crippen molar-refractivity contribution in [1.29, 1.82) is 0 Å². The van der Waals surface area contributed by atoms with Gasteiger partial charge >= 0.3 is 5.97 Å². The zero-order chi connectivity index (χ0) is 12.7. The Morgan fingerprint density at radius 3 is 2.76 bits per heavy atom. The first kappa shape index (κ1) is 13.2. The molecule has 1 atom stereocenters. The smallest absolute Gasteiger partial charge is 0.306 e. The molecule has 0 saturated heterocycles. The average molecular weight is 234 g/mol. The minimum Gasteiger partial charge on any atom is -0.481 e. The van der Waals surface area contributed by atoms with E-state index >= 15 is 0 Å². The van der Waals surface area contributed by atoms with E-state index in [9.17, 15) is 9.18 Å². The number of carboxylic acid groups (broad SMARTS) is 1. The molecule has 1 N–H and O–H groups in total. The van der Waals surface area contributed by atoms with Crippen molar-refractivity contribution in [2.45, 2.75) is 25.7 Å². The fourth-order valence-corrected chi connectivity index (χ4v) is 1.69. The molecular formula is C14H15FO2. The molecule has 1 aromatic rings. The van der Waals surface area contributed by atoms with Crippen LogP contribution in [0.15, 0.2) is 24.3 Å². The van der Waals surface area contributed by atoms with Gasteiger partial charge in [0.1, 0.15) is 5.82 Å². The molecule has 0 aliphatic carbocycles. The molecule has 0 amide bonds. The predicted molar refractivity (Wildman–Crippen MR) is 63.9 cm³/mol. The summed E-state index contributed by atoms with van der Waals surface area (Å²) in [6, 6.07) is 6.26. The van der Waals surface area contributed by atoms with Gasteiger partial charge in [0.05, 0.1) is 5.92 Å². The molecule has 0 spiro atoms. The second-order valence-corrected chi connectivity index (χ2v) is 3.93. The maximum atomic E-state index is 13.4. The predicted octanol–water partition coefficient (Wildman–Crippen LogP) is 2.87. The number of aliphatic carboxylic acids is 1. The van der Waals surface area contributed by atoms with Crippen LogP contribution in [0, 0.1) is 24.1 Å². The highest BCUT2D eigenvalue weighted by Gasteiger charge is 2.18. The molecule has 90 valence electrons. The first-order valence-electron chi connectivity index (χ1n) is 5.55. The van der Waals surface area contributed by atoms with Gasteiger partial charge in [-0.15, -0.1) is 12.3 Å². The summed E-state index contributed by atoms with van der Waals surface area (Å²) in [5, 5.41) is 9.05. The molecule has 1 aromatic carbocycles. The maximum absolute atomic E-state index is 13.4. The summed E-state index contributed by atoms with van der Waals surface area (Å²) >= 11 is 0. The van der Waals surface area contributed by atoms with Gasteiger partial charge in [-0.3, -0.25) is 4.79 Å². The van der Waals surface area contributed by atoms with Crippen molar-refractivity contribution in [2.75, 3.05) is 0 Å². The molecule has 0 fully saturated rings. The molecule has 1 unspecified atom stereocenters. The van der Waals surface area contributed by atoms with Crippen LogP contribution in [0.4, 0.5) is 4.39 Å². The van der Waals surface area contributed by atoms with Crippen LogP contribution in [-0.4, -0.2) is 11.1 Å². The summed E-state index contributed by atoms with van der Waals surface area (Å²) in [6.07, 6.45) is 7.02. The van der Waals surface area contributed by atoms with Crippen LogP contribution in [0.3, 0.4) is 0 Å². The monoisotopic (exact) mass is 234 g/mol. The van der Waals surface area contributed by atoms with Crippen LogP contribution < -0.4 is 0 Å². The molecule has 0 heterocycles. The Bertz CT molecular complexity index is 420. The molecule has 0 aromatic heterocycles. The van der Waals surface area contributed by atoms with Gasteiger partial charge in [-0.05, 0) is 30.9 Å². The van der Waals surface area contributed by atoms with Gasteiger partial charge in [0.2, 0.25) is 0 Å². The molecule has 0 aliphatic heterocycles. The Morgan fingerprint density at radius 1 is 1.47 bits per heavy atom. The van der Waals surface area contributed by atoms with Crippen molar-refractivity contribution in [1.82, 2.24) is 0 Å². The molecule has 0 saturated carbocycles. The normalized spacial score (nSPS) is 11.8. The number of rotatable bonds is 6. The Morgan fingerprint density at radius 2 is 2.18 bits per heavy atom. The summed E-state index contributed by atoms with van der Waals surface area (Å²) < 4.78 is 13.4. The van der Waals surface area contributed by atoms with Crippen molar-refractivity contribution in [3.05, 3.63) is 35.6 Å². The summed E-state index contributed by atoms with van der Waals surface area (Å²) in [5.74, 6) is 0.652. The third-order valence-corrected chi connectivity index (χ3v) is 2.65. The second-order valence-electron chi connectivity index (χ2n) is 3.93. The van der Waals surface area contributed by atoms with Crippen molar-refractivity contribution in [3.8, 4) is 12.3 Å². The minimum absolute atomic E-state index is 0.215. The SMILES string of the molecule is C#CCCCC(Cc1ccccc1F)C(=O)O. The molecular weight excluding hydrogens is 219 g/mol. The number of hydrogen-bond donors (Lipinski definition) is 1. The van der Waals surface area contributed by atoms with Gasteiger partial charge in [0.25, 0.3) is 0 Å². The molecule has 0 bridgehead atoms. The molecule has 3 heteroatoms. The number of unbranched alkanes of at least 4 members (excludes halogenated alkanes) is 1. The van der Waals surface area contributed by atoms with Gasteiger partial charge in [0.15, 0.2) is 0 Å². The lowest BCUT2D eigenvalue weighted by atomic mass is 9.94. The van der Waals surface area contributed by atoms with E-state index in [-0.39, 0.29) is 12.2 Å². The lowest BCUT2D eigenvalue weighted by Gasteiger charge is -2.12. The van der Waals surface area contributed by atoms with Crippen molar-refractivity contribution < 1.29 is 14.3 Å². The minimum atomic E-state index is -0.898. The Balaban J connectivity index is 2.64. The number of terminal acetylenes is 1. The lowest BCUT2D eigenvalue weighted by molar-refractivity contribution is -0.142. The second kappa shape index (κ2) is 6.70. The number of carbonyl (C=O) groups is 1. The van der Waals surface area contributed by atoms with Gasteiger partial charge in [-0.25, -0.2) is 4.39 Å². The van der Waals surface area contributed by atoms with E-state index in [4.69, 9.17) is 11.5 Å². The van der Waals surface area contributed by atoms with Crippen LogP contribution >= 0.6 is 0 Å². The van der Waals surface area contributed by atoms with E-state index in [1.807, 2.05) is 0 Å². The highest BCUT2D eigenvalue weighted by Crippen LogP contribution is 2.17. The molecule has 17 heavy (non-hydrogen) atoms.